The first-order valence-electron chi connectivity index (χ1n) is 6.84. The lowest BCUT2D eigenvalue weighted by atomic mass is 10.2. The van der Waals surface area contributed by atoms with Crippen LogP contribution in [0.2, 0.25) is 5.02 Å². The van der Waals surface area contributed by atoms with E-state index in [1.165, 1.54) is 29.2 Å². The minimum Gasteiger partial charge on any atom is -0.550 e. The second kappa shape index (κ2) is 7.55. The molecule has 2 aromatic rings. The molecule has 9 nitrogen and oxygen atoms in total. The van der Waals surface area contributed by atoms with Gasteiger partial charge in [0.25, 0.3) is 11.6 Å². The number of benzene rings is 1. The number of hydrogen-bond donors (Lipinski definition) is 1. The molecule has 10 heteroatoms. The molecule has 0 saturated carbocycles. The summed E-state index contributed by atoms with van der Waals surface area (Å²) in [5.41, 5.74) is 0.270. The standard InChI is InChI=1S/C14H13ClN4O5/c15-12-6-10(19(23)24)3-4-11(12)14(22)17-9-7-16-18(8-9)5-1-2-13(20)21/h3-4,6-8H,1-2,5H2,(H,17,22)(H,20,21)/p-1. The minimum atomic E-state index is -1.14. The van der Waals surface area contributed by atoms with E-state index < -0.39 is 16.8 Å². The lowest BCUT2D eigenvalue weighted by molar-refractivity contribution is -0.384. The molecule has 1 amide bonds. The van der Waals surface area contributed by atoms with E-state index in [4.69, 9.17) is 11.6 Å². The molecule has 24 heavy (non-hydrogen) atoms. The van der Waals surface area contributed by atoms with Gasteiger partial charge in [-0.2, -0.15) is 5.10 Å². The number of carboxylic acid groups (broad SMARTS) is 1. The zero-order valence-electron chi connectivity index (χ0n) is 12.3. The number of hydrogen-bond acceptors (Lipinski definition) is 6. The predicted molar refractivity (Wildman–Crippen MR) is 82.5 cm³/mol. The van der Waals surface area contributed by atoms with Crippen LogP contribution >= 0.6 is 11.6 Å². The van der Waals surface area contributed by atoms with Crippen molar-refractivity contribution in [1.29, 1.82) is 0 Å². The molecule has 1 N–H and O–H groups in total. The van der Waals surface area contributed by atoms with E-state index in [1.807, 2.05) is 0 Å². The zero-order chi connectivity index (χ0) is 17.7. The number of nitrogens with zero attached hydrogens (tertiary/aromatic N) is 3. The lowest BCUT2D eigenvalue weighted by Crippen LogP contribution is -2.22. The van der Waals surface area contributed by atoms with Gasteiger partial charge in [0.2, 0.25) is 0 Å². The average molecular weight is 352 g/mol. The number of nitrogens with one attached hydrogen (secondary N) is 1. The normalized spacial score (nSPS) is 10.4. The molecule has 0 unspecified atom stereocenters. The second-order valence-corrected chi connectivity index (χ2v) is 5.25. The smallest absolute Gasteiger partial charge is 0.270 e. The maximum absolute atomic E-state index is 12.1. The molecule has 1 heterocycles. The number of rotatable bonds is 7. The van der Waals surface area contributed by atoms with Gasteiger partial charge in [0.05, 0.1) is 27.4 Å². The van der Waals surface area contributed by atoms with Crippen LogP contribution in [0.4, 0.5) is 11.4 Å². The summed E-state index contributed by atoms with van der Waals surface area (Å²) < 4.78 is 1.48. The van der Waals surface area contributed by atoms with E-state index in [0.717, 1.165) is 6.07 Å². The third-order valence-electron chi connectivity index (χ3n) is 3.07. The number of carbonyl (C=O) groups excluding carboxylic acids is 2. The first-order chi connectivity index (χ1) is 11.4. The van der Waals surface area contributed by atoms with Crippen molar-refractivity contribution in [3.8, 4) is 0 Å². The first-order valence-corrected chi connectivity index (χ1v) is 7.22. The highest BCUT2D eigenvalue weighted by molar-refractivity contribution is 6.34. The number of nitro groups is 1. The molecule has 0 bridgehead atoms. The number of aromatic nitrogens is 2. The van der Waals surface area contributed by atoms with Gasteiger partial charge in [0.15, 0.2) is 0 Å². The third kappa shape index (κ3) is 4.53. The maximum Gasteiger partial charge on any atom is 0.270 e. The third-order valence-corrected chi connectivity index (χ3v) is 3.38. The van der Waals surface area contributed by atoms with Crippen LogP contribution in [0.3, 0.4) is 0 Å². The van der Waals surface area contributed by atoms with Crippen LogP contribution in [0.5, 0.6) is 0 Å². The van der Waals surface area contributed by atoms with Crippen molar-refractivity contribution in [3.05, 3.63) is 51.3 Å². The lowest BCUT2D eigenvalue weighted by Gasteiger charge is -2.05. The number of nitro benzene ring substituents is 1. The molecular formula is C14H12ClN4O5-. The van der Waals surface area contributed by atoms with Crippen LogP contribution < -0.4 is 10.4 Å². The number of carboxylic acids is 1. The van der Waals surface area contributed by atoms with Crippen LogP contribution in [0, 0.1) is 10.1 Å². The number of aryl methyl sites for hydroxylation is 1. The van der Waals surface area contributed by atoms with Crippen molar-refractivity contribution < 1.29 is 19.6 Å². The number of aliphatic carboxylic acids is 1. The fraction of sp³-hybridized carbons (Fsp3) is 0.214. The quantitative estimate of drug-likeness (QED) is 0.589. The molecule has 126 valence electrons. The van der Waals surface area contributed by atoms with Gasteiger partial charge in [-0.1, -0.05) is 11.6 Å². The Morgan fingerprint density at radius 2 is 2.12 bits per heavy atom. The number of non-ortho nitro benzene ring substituents is 1. The van der Waals surface area contributed by atoms with E-state index in [0.29, 0.717) is 18.7 Å². The van der Waals surface area contributed by atoms with Gasteiger partial charge in [0.1, 0.15) is 0 Å². The summed E-state index contributed by atoms with van der Waals surface area (Å²) in [7, 11) is 0. The van der Waals surface area contributed by atoms with E-state index in [-0.39, 0.29) is 22.7 Å². The van der Waals surface area contributed by atoms with E-state index >= 15 is 0 Å². The van der Waals surface area contributed by atoms with E-state index in [2.05, 4.69) is 10.4 Å². The van der Waals surface area contributed by atoms with Gasteiger partial charge >= 0.3 is 0 Å². The average Bonchev–Trinajstić information content (AvgIpc) is 2.93. The van der Waals surface area contributed by atoms with Crippen LogP contribution in [-0.4, -0.2) is 26.6 Å². The Hall–Kier alpha value is -2.94. The summed E-state index contributed by atoms with van der Waals surface area (Å²) >= 11 is 5.89. The molecule has 0 radical (unpaired) electrons. The Bertz CT molecular complexity index is 789. The van der Waals surface area contributed by atoms with Crippen molar-refractivity contribution >= 4 is 34.9 Å². The Morgan fingerprint density at radius 1 is 1.38 bits per heavy atom. The number of carbonyl (C=O) groups is 2. The van der Waals surface area contributed by atoms with E-state index in [1.54, 1.807) is 0 Å². The molecule has 1 aromatic heterocycles. The highest BCUT2D eigenvalue weighted by Gasteiger charge is 2.15. The molecule has 0 fully saturated rings. The summed E-state index contributed by atoms with van der Waals surface area (Å²) in [4.78, 5) is 32.5. The predicted octanol–water partition coefficient (Wildman–Crippen LogP) is 1.23. The first kappa shape index (κ1) is 17.4. The molecule has 0 aliphatic heterocycles. The van der Waals surface area contributed by atoms with Crippen LogP contribution in [0.15, 0.2) is 30.6 Å². The van der Waals surface area contributed by atoms with Crippen molar-refractivity contribution in [3.63, 3.8) is 0 Å². The van der Waals surface area contributed by atoms with Gasteiger partial charge in [-0.05, 0) is 18.9 Å². The monoisotopic (exact) mass is 351 g/mol. The van der Waals surface area contributed by atoms with Gasteiger partial charge in [-0.15, -0.1) is 0 Å². The van der Waals surface area contributed by atoms with Crippen molar-refractivity contribution in [1.82, 2.24) is 9.78 Å². The second-order valence-electron chi connectivity index (χ2n) is 4.84. The van der Waals surface area contributed by atoms with Crippen LogP contribution in [0.25, 0.3) is 0 Å². The highest BCUT2D eigenvalue weighted by Crippen LogP contribution is 2.23. The molecule has 0 saturated heterocycles. The van der Waals surface area contributed by atoms with Crippen molar-refractivity contribution in [2.75, 3.05) is 5.32 Å². The molecule has 0 spiro atoms. The maximum atomic E-state index is 12.1. The molecular weight excluding hydrogens is 340 g/mol. The summed E-state index contributed by atoms with van der Waals surface area (Å²) in [6, 6.07) is 3.55. The Balaban J connectivity index is 2.01. The molecule has 1 aromatic carbocycles. The Labute approximate surface area is 141 Å². The number of halogens is 1. The summed E-state index contributed by atoms with van der Waals surface area (Å²) in [5, 5.41) is 27.5. The van der Waals surface area contributed by atoms with Gasteiger partial charge in [0, 0.05) is 30.8 Å². The van der Waals surface area contributed by atoms with Crippen LogP contribution in [0.1, 0.15) is 23.2 Å². The van der Waals surface area contributed by atoms with Crippen molar-refractivity contribution in [2.24, 2.45) is 0 Å². The molecule has 2 rings (SSSR count). The van der Waals surface area contributed by atoms with Crippen molar-refractivity contribution in [2.45, 2.75) is 19.4 Å². The highest BCUT2D eigenvalue weighted by atomic mass is 35.5. The minimum absolute atomic E-state index is 0.0388. The number of anilines is 1. The van der Waals surface area contributed by atoms with Gasteiger partial charge in [-0.25, -0.2) is 0 Å². The zero-order valence-corrected chi connectivity index (χ0v) is 13.0. The number of amides is 1. The van der Waals surface area contributed by atoms with E-state index in [9.17, 15) is 24.8 Å². The van der Waals surface area contributed by atoms with Gasteiger partial charge < -0.3 is 15.2 Å². The largest absolute Gasteiger partial charge is 0.550 e. The summed E-state index contributed by atoms with van der Waals surface area (Å²) in [6.45, 7) is 0.363. The Kier molecular flexibility index (Phi) is 5.48. The Morgan fingerprint density at radius 3 is 2.75 bits per heavy atom. The molecule has 0 aliphatic rings. The summed E-state index contributed by atoms with van der Waals surface area (Å²) in [6.07, 6.45) is 3.20. The SMILES string of the molecule is O=C([O-])CCCn1cc(NC(=O)c2ccc([N+](=O)[O-])cc2Cl)cn1. The molecule has 0 aliphatic carbocycles. The fourth-order valence-electron chi connectivity index (χ4n) is 1.94. The van der Waals surface area contributed by atoms with Crippen LogP contribution in [-0.2, 0) is 11.3 Å². The summed E-state index contributed by atoms with van der Waals surface area (Å²) in [5.74, 6) is -1.67. The molecule has 0 atom stereocenters. The van der Waals surface area contributed by atoms with Gasteiger partial charge in [-0.3, -0.25) is 19.6 Å². The fourth-order valence-corrected chi connectivity index (χ4v) is 2.20. The topological polar surface area (TPSA) is 130 Å².